The van der Waals surface area contributed by atoms with E-state index in [4.69, 9.17) is 4.74 Å². The number of halogens is 1. The first kappa shape index (κ1) is 17.6. The van der Waals surface area contributed by atoms with Crippen LogP contribution >= 0.6 is 27.5 Å². The zero-order chi connectivity index (χ0) is 16.8. The topological polar surface area (TPSA) is 81.2 Å². The van der Waals surface area contributed by atoms with Gasteiger partial charge in [0, 0.05) is 4.47 Å². The number of hydrogen-bond donors (Lipinski definition) is 1. The highest BCUT2D eigenvalue weighted by Gasteiger charge is 2.18. The van der Waals surface area contributed by atoms with Gasteiger partial charge in [-0.25, -0.2) is 4.79 Å². The standard InChI is InChI=1S/C15H16BrN3O3S/c1-3-12-14(23-19-18-12)15(21)22-8-13(20)17-9(2)10-4-6-11(16)7-5-10/h4-7,9H,3,8H2,1-2H3,(H,17,20)/t9-/m1/s1. The Bertz CT molecular complexity index is 688. The minimum atomic E-state index is -0.566. The fraction of sp³-hybridized carbons (Fsp3) is 0.333. The number of ether oxygens (including phenoxy) is 1. The lowest BCUT2D eigenvalue weighted by Crippen LogP contribution is -2.31. The van der Waals surface area contributed by atoms with Crippen molar-refractivity contribution in [1.82, 2.24) is 14.9 Å². The van der Waals surface area contributed by atoms with Crippen molar-refractivity contribution in [3.8, 4) is 0 Å². The molecule has 0 aliphatic carbocycles. The molecule has 0 saturated carbocycles. The van der Waals surface area contributed by atoms with Gasteiger partial charge in [-0.3, -0.25) is 4.79 Å². The van der Waals surface area contributed by atoms with Crippen LogP contribution in [0.3, 0.4) is 0 Å². The number of nitrogens with zero attached hydrogens (tertiary/aromatic N) is 2. The lowest BCUT2D eigenvalue weighted by molar-refractivity contribution is -0.124. The SMILES string of the molecule is CCc1nnsc1C(=O)OCC(=O)N[C@H](C)c1ccc(Br)cc1. The molecule has 122 valence electrons. The van der Waals surface area contributed by atoms with E-state index >= 15 is 0 Å². The first-order chi connectivity index (χ1) is 11.0. The highest BCUT2D eigenvalue weighted by molar-refractivity contribution is 9.10. The third-order valence-electron chi connectivity index (χ3n) is 3.16. The molecule has 0 saturated heterocycles. The second-order valence-corrected chi connectivity index (χ2v) is 6.49. The van der Waals surface area contributed by atoms with E-state index in [1.165, 1.54) is 0 Å². The van der Waals surface area contributed by atoms with Crippen LogP contribution in [-0.2, 0) is 16.0 Å². The summed E-state index contributed by atoms with van der Waals surface area (Å²) in [5, 5.41) is 6.63. The number of benzene rings is 1. The average Bonchev–Trinajstić information content (AvgIpc) is 3.01. The number of hydrogen-bond acceptors (Lipinski definition) is 6. The Morgan fingerprint density at radius 3 is 2.70 bits per heavy atom. The third-order valence-corrected chi connectivity index (χ3v) is 4.43. The van der Waals surface area contributed by atoms with E-state index in [1.807, 2.05) is 38.1 Å². The molecular weight excluding hydrogens is 382 g/mol. The molecule has 8 heteroatoms. The minimum Gasteiger partial charge on any atom is -0.451 e. The van der Waals surface area contributed by atoms with E-state index in [1.54, 1.807) is 0 Å². The van der Waals surface area contributed by atoms with Crippen LogP contribution in [0.2, 0.25) is 0 Å². The smallest absolute Gasteiger partial charge is 0.352 e. The molecule has 1 atom stereocenters. The quantitative estimate of drug-likeness (QED) is 0.757. The number of aromatic nitrogens is 2. The summed E-state index contributed by atoms with van der Waals surface area (Å²) >= 11 is 4.34. The largest absolute Gasteiger partial charge is 0.451 e. The monoisotopic (exact) mass is 397 g/mol. The maximum absolute atomic E-state index is 11.9. The molecule has 23 heavy (non-hydrogen) atoms. The average molecular weight is 398 g/mol. The summed E-state index contributed by atoms with van der Waals surface area (Å²) in [5.41, 5.74) is 1.55. The zero-order valence-corrected chi connectivity index (χ0v) is 15.1. The summed E-state index contributed by atoms with van der Waals surface area (Å²) in [5.74, 6) is -0.924. The molecule has 2 rings (SSSR count). The van der Waals surface area contributed by atoms with Crippen molar-refractivity contribution in [2.45, 2.75) is 26.3 Å². The first-order valence-corrected chi connectivity index (χ1v) is 8.61. The summed E-state index contributed by atoms with van der Waals surface area (Å²) in [6.07, 6.45) is 0.591. The molecule has 1 heterocycles. The van der Waals surface area contributed by atoms with E-state index in [0.29, 0.717) is 17.0 Å². The van der Waals surface area contributed by atoms with Gasteiger partial charge in [0.05, 0.1) is 11.7 Å². The molecule has 0 radical (unpaired) electrons. The summed E-state index contributed by atoms with van der Waals surface area (Å²) in [7, 11) is 0. The van der Waals surface area contributed by atoms with Crippen LogP contribution < -0.4 is 5.32 Å². The van der Waals surface area contributed by atoms with Gasteiger partial charge in [-0.15, -0.1) is 5.10 Å². The highest BCUT2D eigenvalue weighted by atomic mass is 79.9. The van der Waals surface area contributed by atoms with Gasteiger partial charge in [0.1, 0.15) is 0 Å². The Labute approximate surface area is 146 Å². The molecule has 0 spiro atoms. The number of nitrogens with one attached hydrogen (secondary N) is 1. The molecule has 2 aromatic rings. The Hall–Kier alpha value is -1.80. The van der Waals surface area contributed by atoms with Crippen molar-refractivity contribution < 1.29 is 14.3 Å². The van der Waals surface area contributed by atoms with Gasteiger partial charge in [0.25, 0.3) is 5.91 Å². The lowest BCUT2D eigenvalue weighted by atomic mass is 10.1. The van der Waals surface area contributed by atoms with Crippen LogP contribution in [-0.4, -0.2) is 28.1 Å². The Balaban J connectivity index is 1.85. The molecule has 1 N–H and O–H groups in total. The van der Waals surface area contributed by atoms with Crippen LogP contribution in [0.5, 0.6) is 0 Å². The van der Waals surface area contributed by atoms with Gasteiger partial charge in [0.15, 0.2) is 11.5 Å². The second-order valence-electron chi connectivity index (χ2n) is 4.82. The molecule has 0 aliphatic heterocycles. The van der Waals surface area contributed by atoms with Crippen LogP contribution in [0.25, 0.3) is 0 Å². The maximum Gasteiger partial charge on any atom is 0.352 e. The summed E-state index contributed by atoms with van der Waals surface area (Å²) in [4.78, 5) is 24.2. The molecule has 0 unspecified atom stereocenters. The maximum atomic E-state index is 11.9. The number of esters is 1. The molecule has 0 bridgehead atoms. The van der Waals surface area contributed by atoms with Gasteiger partial charge in [0.2, 0.25) is 0 Å². The van der Waals surface area contributed by atoms with Crippen LogP contribution in [0.15, 0.2) is 28.7 Å². The van der Waals surface area contributed by atoms with Crippen molar-refractivity contribution in [2.75, 3.05) is 6.61 Å². The van der Waals surface area contributed by atoms with Crippen LogP contribution in [0, 0.1) is 0 Å². The fourth-order valence-corrected chi connectivity index (χ4v) is 2.82. The van der Waals surface area contributed by atoms with E-state index in [2.05, 4.69) is 30.8 Å². The Morgan fingerprint density at radius 2 is 2.04 bits per heavy atom. The van der Waals surface area contributed by atoms with Gasteiger partial charge in [-0.2, -0.15) is 0 Å². The normalized spacial score (nSPS) is 11.8. The Morgan fingerprint density at radius 1 is 1.35 bits per heavy atom. The van der Waals surface area contributed by atoms with Crippen molar-refractivity contribution in [3.63, 3.8) is 0 Å². The number of rotatable bonds is 6. The first-order valence-electron chi connectivity index (χ1n) is 7.04. The second kappa shape index (κ2) is 8.16. The van der Waals surface area contributed by atoms with Crippen LogP contribution in [0.4, 0.5) is 0 Å². The molecule has 1 aromatic heterocycles. The molecule has 0 aliphatic rings. The summed E-state index contributed by atoms with van der Waals surface area (Å²) in [6, 6.07) is 7.46. The van der Waals surface area contributed by atoms with Crippen molar-refractivity contribution in [3.05, 3.63) is 44.9 Å². The minimum absolute atomic E-state index is 0.175. The highest BCUT2D eigenvalue weighted by Crippen LogP contribution is 2.16. The molecular formula is C15H16BrN3O3S. The van der Waals surface area contributed by atoms with E-state index < -0.39 is 5.97 Å². The lowest BCUT2D eigenvalue weighted by Gasteiger charge is -2.14. The number of aryl methyl sites for hydroxylation is 1. The van der Waals surface area contributed by atoms with Crippen molar-refractivity contribution in [2.24, 2.45) is 0 Å². The predicted molar refractivity (Wildman–Crippen MR) is 90.3 cm³/mol. The van der Waals surface area contributed by atoms with Gasteiger partial charge in [-0.05, 0) is 42.6 Å². The van der Waals surface area contributed by atoms with Crippen LogP contribution in [0.1, 0.15) is 40.8 Å². The van der Waals surface area contributed by atoms with Crippen molar-refractivity contribution in [1.29, 1.82) is 0 Å². The van der Waals surface area contributed by atoms with E-state index in [-0.39, 0.29) is 18.6 Å². The summed E-state index contributed by atoms with van der Waals surface area (Å²) in [6.45, 7) is 3.41. The molecule has 6 nitrogen and oxygen atoms in total. The summed E-state index contributed by atoms with van der Waals surface area (Å²) < 4.78 is 9.71. The van der Waals surface area contributed by atoms with Gasteiger partial charge in [-0.1, -0.05) is 39.5 Å². The molecule has 1 amide bonds. The van der Waals surface area contributed by atoms with Gasteiger partial charge >= 0.3 is 5.97 Å². The molecule has 1 aromatic carbocycles. The van der Waals surface area contributed by atoms with Gasteiger partial charge < -0.3 is 10.1 Å². The predicted octanol–water partition coefficient (Wildman–Crippen LogP) is 2.90. The molecule has 0 fully saturated rings. The number of amides is 1. The van der Waals surface area contributed by atoms with E-state index in [9.17, 15) is 9.59 Å². The fourth-order valence-electron chi connectivity index (χ4n) is 1.91. The number of carbonyl (C=O) groups is 2. The Kier molecular flexibility index (Phi) is 6.23. The van der Waals surface area contributed by atoms with E-state index in [0.717, 1.165) is 21.6 Å². The van der Waals surface area contributed by atoms with Crippen molar-refractivity contribution >= 4 is 39.3 Å². The third kappa shape index (κ3) is 4.84. The number of carbonyl (C=O) groups excluding carboxylic acids is 2. The zero-order valence-electron chi connectivity index (χ0n) is 12.7.